The fourth-order valence-electron chi connectivity index (χ4n) is 3.23. The van der Waals surface area contributed by atoms with Gasteiger partial charge in [-0.1, -0.05) is 78.4 Å². The molecule has 0 spiro atoms. The Morgan fingerprint density at radius 2 is 1.22 bits per heavy atom. The maximum Gasteiger partial charge on any atom is 0.173 e. The summed E-state index contributed by atoms with van der Waals surface area (Å²) < 4.78 is 0. The first-order valence-electron chi connectivity index (χ1n) is 9.29. The van der Waals surface area contributed by atoms with E-state index in [2.05, 4.69) is 67.6 Å². The van der Waals surface area contributed by atoms with Crippen molar-refractivity contribution in [2.24, 2.45) is 4.99 Å². The highest BCUT2D eigenvalue weighted by molar-refractivity contribution is 6.38. The number of Topliss-reactive ketones (excluding diaryl/α,β-unsaturated/α-hetero) is 1. The number of benzene rings is 3. The normalized spacial score (nSPS) is 11.4. The van der Waals surface area contributed by atoms with Crippen LogP contribution >= 0.6 is 0 Å². The number of hydrogen-bond donors (Lipinski definition) is 0. The van der Waals surface area contributed by atoms with Crippen molar-refractivity contribution in [1.29, 1.82) is 0 Å². The molecule has 0 radical (unpaired) electrons. The molecule has 0 aromatic heterocycles. The molecule has 2 nitrogen and oxygen atoms in total. The van der Waals surface area contributed by atoms with Gasteiger partial charge in [0.05, 0.1) is 11.4 Å². The number of nitrogens with zero attached hydrogens (tertiary/aromatic N) is 1. The molecule has 0 heterocycles. The molecule has 136 valence electrons. The van der Waals surface area contributed by atoms with E-state index in [1.165, 1.54) is 16.7 Å². The summed E-state index contributed by atoms with van der Waals surface area (Å²) in [5.74, 6) is 0.00639. The van der Waals surface area contributed by atoms with Gasteiger partial charge in [0.2, 0.25) is 0 Å². The molecule has 0 amide bonds. The Morgan fingerprint density at radius 3 is 1.63 bits per heavy atom. The zero-order valence-corrected chi connectivity index (χ0v) is 16.2. The summed E-state index contributed by atoms with van der Waals surface area (Å²) in [5, 5.41) is 0. The van der Waals surface area contributed by atoms with Crippen LogP contribution in [0, 0.1) is 6.92 Å². The standard InChI is InChI=1S/C25H25NO/c1-18-14-23(16-21-10-6-4-7-11-21)25(26-19(2)20(3)27)24(15-18)17-22-12-8-5-9-13-22/h4-15H,16-17H2,1-3H3. The van der Waals surface area contributed by atoms with E-state index < -0.39 is 0 Å². The van der Waals surface area contributed by atoms with Crippen molar-refractivity contribution < 1.29 is 4.79 Å². The minimum atomic E-state index is 0.00639. The predicted octanol–water partition coefficient (Wildman–Crippen LogP) is 5.86. The van der Waals surface area contributed by atoms with Crippen LogP contribution in [0.3, 0.4) is 0 Å². The minimum absolute atomic E-state index is 0.00639. The molecule has 0 saturated carbocycles. The van der Waals surface area contributed by atoms with Gasteiger partial charge in [0.15, 0.2) is 5.78 Å². The first-order valence-corrected chi connectivity index (χ1v) is 9.29. The van der Waals surface area contributed by atoms with Crippen LogP contribution in [0.5, 0.6) is 0 Å². The SMILES string of the molecule is CC(=O)C(C)=Nc1c(Cc2ccccc2)cc(C)cc1Cc1ccccc1. The minimum Gasteiger partial charge on any atom is -0.293 e. The summed E-state index contributed by atoms with van der Waals surface area (Å²) in [7, 11) is 0. The summed E-state index contributed by atoms with van der Waals surface area (Å²) in [6.45, 7) is 5.48. The van der Waals surface area contributed by atoms with E-state index in [1.54, 1.807) is 13.8 Å². The van der Waals surface area contributed by atoms with Gasteiger partial charge < -0.3 is 0 Å². The van der Waals surface area contributed by atoms with Crippen molar-refractivity contribution in [2.45, 2.75) is 33.6 Å². The van der Waals surface area contributed by atoms with Crippen LogP contribution in [0.15, 0.2) is 77.8 Å². The summed E-state index contributed by atoms with van der Waals surface area (Å²) in [6.07, 6.45) is 1.60. The van der Waals surface area contributed by atoms with Gasteiger partial charge in [0.25, 0.3) is 0 Å². The Hall–Kier alpha value is -3.00. The van der Waals surface area contributed by atoms with E-state index in [0.29, 0.717) is 5.71 Å². The molecule has 3 aromatic rings. The number of carbonyl (C=O) groups excluding carboxylic acids is 1. The Balaban J connectivity index is 2.10. The third kappa shape index (κ3) is 5.01. The lowest BCUT2D eigenvalue weighted by molar-refractivity contribution is -0.111. The highest BCUT2D eigenvalue weighted by atomic mass is 16.1. The average molecular weight is 355 g/mol. The van der Waals surface area contributed by atoms with E-state index in [0.717, 1.165) is 29.7 Å². The summed E-state index contributed by atoms with van der Waals surface area (Å²) >= 11 is 0. The average Bonchev–Trinajstić information content (AvgIpc) is 2.66. The fraction of sp³-hybridized carbons (Fsp3) is 0.200. The van der Waals surface area contributed by atoms with Crippen LogP contribution < -0.4 is 0 Å². The van der Waals surface area contributed by atoms with Gasteiger partial charge in [-0.05, 0) is 48.9 Å². The van der Waals surface area contributed by atoms with E-state index in [-0.39, 0.29) is 5.78 Å². The molecule has 2 heteroatoms. The van der Waals surface area contributed by atoms with E-state index in [4.69, 9.17) is 4.99 Å². The van der Waals surface area contributed by atoms with Gasteiger partial charge in [-0.15, -0.1) is 0 Å². The largest absolute Gasteiger partial charge is 0.293 e. The molecule has 0 aliphatic heterocycles. The zero-order valence-electron chi connectivity index (χ0n) is 16.2. The molecule has 0 N–H and O–H groups in total. The summed E-state index contributed by atoms with van der Waals surface area (Å²) in [4.78, 5) is 16.6. The van der Waals surface area contributed by atoms with Crippen molar-refractivity contribution in [1.82, 2.24) is 0 Å². The van der Waals surface area contributed by atoms with Crippen molar-refractivity contribution in [3.05, 3.63) is 101 Å². The second kappa shape index (κ2) is 8.59. The molecule has 27 heavy (non-hydrogen) atoms. The van der Waals surface area contributed by atoms with Gasteiger partial charge in [0.1, 0.15) is 0 Å². The number of aliphatic imine (C=N–C) groups is 1. The van der Waals surface area contributed by atoms with E-state index in [9.17, 15) is 4.79 Å². The lowest BCUT2D eigenvalue weighted by Crippen LogP contribution is -2.05. The number of hydrogen-bond acceptors (Lipinski definition) is 2. The molecule has 0 aliphatic rings. The van der Waals surface area contributed by atoms with Gasteiger partial charge >= 0.3 is 0 Å². The second-order valence-corrected chi connectivity index (χ2v) is 7.01. The third-order valence-electron chi connectivity index (χ3n) is 4.68. The van der Waals surface area contributed by atoms with Crippen LogP contribution in [0.2, 0.25) is 0 Å². The van der Waals surface area contributed by atoms with Crippen LogP contribution in [0.1, 0.15) is 41.7 Å². The second-order valence-electron chi connectivity index (χ2n) is 7.01. The summed E-state index contributed by atoms with van der Waals surface area (Å²) in [6, 6.07) is 25.2. The Morgan fingerprint density at radius 1 is 0.778 bits per heavy atom. The highest BCUT2D eigenvalue weighted by Crippen LogP contribution is 2.31. The number of ketones is 1. The molecule has 0 aliphatic carbocycles. The molecule has 0 fully saturated rings. The van der Waals surface area contributed by atoms with Crippen LogP contribution in [0.25, 0.3) is 0 Å². The maximum absolute atomic E-state index is 11.8. The molecule has 0 saturated heterocycles. The molecule has 3 aromatic carbocycles. The van der Waals surface area contributed by atoms with Gasteiger partial charge in [-0.25, -0.2) is 4.99 Å². The Bertz CT molecular complexity index is 894. The van der Waals surface area contributed by atoms with Crippen LogP contribution in [-0.2, 0) is 17.6 Å². The van der Waals surface area contributed by atoms with Crippen molar-refractivity contribution in [3.8, 4) is 0 Å². The van der Waals surface area contributed by atoms with E-state index in [1.807, 2.05) is 12.1 Å². The third-order valence-corrected chi connectivity index (χ3v) is 4.68. The van der Waals surface area contributed by atoms with Gasteiger partial charge in [-0.2, -0.15) is 0 Å². The fourth-order valence-corrected chi connectivity index (χ4v) is 3.23. The van der Waals surface area contributed by atoms with Crippen molar-refractivity contribution in [3.63, 3.8) is 0 Å². The Kier molecular flexibility index (Phi) is 5.97. The molecular formula is C25H25NO. The zero-order chi connectivity index (χ0) is 19.2. The lowest BCUT2D eigenvalue weighted by atomic mass is 9.94. The van der Waals surface area contributed by atoms with Gasteiger partial charge in [-0.3, -0.25) is 4.79 Å². The topological polar surface area (TPSA) is 29.4 Å². The molecule has 3 rings (SSSR count). The predicted molar refractivity (Wildman–Crippen MR) is 113 cm³/mol. The number of rotatable bonds is 6. The van der Waals surface area contributed by atoms with Gasteiger partial charge in [0, 0.05) is 6.92 Å². The first kappa shape index (κ1) is 18.8. The molecule has 0 unspecified atom stereocenters. The van der Waals surface area contributed by atoms with Crippen molar-refractivity contribution in [2.75, 3.05) is 0 Å². The number of carbonyl (C=O) groups is 1. The number of aryl methyl sites for hydroxylation is 1. The molecule has 0 atom stereocenters. The summed E-state index contributed by atoms with van der Waals surface area (Å²) in [5.41, 5.74) is 7.49. The lowest BCUT2D eigenvalue weighted by Gasteiger charge is -2.14. The quantitative estimate of drug-likeness (QED) is 0.509. The smallest absolute Gasteiger partial charge is 0.173 e. The first-order chi connectivity index (χ1) is 13.0. The maximum atomic E-state index is 11.8. The highest BCUT2D eigenvalue weighted by Gasteiger charge is 2.12. The van der Waals surface area contributed by atoms with Crippen molar-refractivity contribution >= 4 is 17.2 Å². The van der Waals surface area contributed by atoms with E-state index >= 15 is 0 Å². The molecular weight excluding hydrogens is 330 g/mol. The molecule has 0 bridgehead atoms. The monoisotopic (exact) mass is 355 g/mol. The van der Waals surface area contributed by atoms with Crippen LogP contribution in [-0.4, -0.2) is 11.5 Å². The van der Waals surface area contributed by atoms with Crippen LogP contribution in [0.4, 0.5) is 5.69 Å². The Labute approximate surface area is 161 Å².